The summed E-state index contributed by atoms with van der Waals surface area (Å²) in [5, 5.41) is 20.2. The molecule has 202 valence electrons. The summed E-state index contributed by atoms with van der Waals surface area (Å²) < 4.78 is 46.4. The fraction of sp³-hybridized carbons (Fsp3) is 0.931. The van der Waals surface area contributed by atoms with Crippen molar-refractivity contribution in [2.45, 2.75) is 129 Å². The quantitative estimate of drug-likeness (QED) is 0.295. The lowest BCUT2D eigenvalue weighted by Gasteiger charge is -2.59. The molecular weight excluding hydrogens is 453 g/mol. The minimum atomic E-state index is -4.52. The second-order valence-corrected chi connectivity index (χ2v) is 13.6. The van der Waals surface area contributed by atoms with Gasteiger partial charge in [-0.2, -0.15) is 13.2 Å². The molecule has 6 heteroatoms. The molecule has 0 aromatic heterocycles. The van der Waals surface area contributed by atoms with Gasteiger partial charge in [-0.25, -0.2) is 0 Å². The summed E-state index contributed by atoms with van der Waals surface area (Å²) in [6, 6.07) is 0. The largest absolute Gasteiger partial charge is 0.417 e. The molecule has 0 aromatic carbocycles. The monoisotopic (exact) mass is 500 g/mol. The first kappa shape index (κ1) is 27.4. The van der Waals surface area contributed by atoms with E-state index in [2.05, 4.69) is 26.8 Å². The fourth-order valence-corrected chi connectivity index (χ4v) is 9.13. The third kappa shape index (κ3) is 4.74. The van der Waals surface area contributed by atoms with Gasteiger partial charge in [0.25, 0.3) is 0 Å². The van der Waals surface area contributed by atoms with Gasteiger partial charge in [0.2, 0.25) is 0 Å². The third-order valence-corrected chi connectivity index (χ3v) is 11.2. The second kappa shape index (κ2) is 9.01. The van der Waals surface area contributed by atoms with Crippen molar-refractivity contribution in [1.29, 1.82) is 0 Å². The molecule has 0 amide bonds. The van der Waals surface area contributed by atoms with Crippen molar-refractivity contribution in [3.8, 4) is 0 Å². The van der Waals surface area contributed by atoms with Crippen molar-refractivity contribution in [3.63, 3.8) is 0 Å². The van der Waals surface area contributed by atoms with Crippen LogP contribution in [-0.2, 0) is 4.74 Å². The van der Waals surface area contributed by atoms with Crippen LogP contribution in [0.15, 0.2) is 11.6 Å². The lowest BCUT2D eigenvalue weighted by atomic mass is 9.46. The van der Waals surface area contributed by atoms with E-state index in [4.69, 9.17) is 4.74 Å². The molecule has 3 nitrogen and oxygen atoms in total. The summed E-state index contributed by atoms with van der Waals surface area (Å²) in [7, 11) is 0. The highest BCUT2D eigenvalue weighted by molar-refractivity contribution is 5.26. The Bertz CT molecular complexity index is 820. The van der Waals surface area contributed by atoms with Crippen LogP contribution in [0.4, 0.5) is 13.2 Å². The van der Waals surface area contributed by atoms with Crippen molar-refractivity contribution in [3.05, 3.63) is 11.6 Å². The SMILES string of the molecule is CC(O)OC(C)(CC[C@@H](C)[C@H]1CC[C@H]2[C@@H]3CC=C4C[C@@](C)(O)CC[C@]4(C)[C@H]3CC[C@]12C)C(F)(F)F. The van der Waals surface area contributed by atoms with Crippen LogP contribution in [0.2, 0.25) is 0 Å². The zero-order valence-corrected chi connectivity index (χ0v) is 22.5. The van der Waals surface area contributed by atoms with E-state index in [9.17, 15) is 23.4 Å². The number of aliphatic hydroxyl groups is 2. The number of halogens is 3. The molecule has 4 rings (SSSR count). The molecule has 10 atom stereocenters. The molecule has 0 bridgehead atoms. The summed E-state index contributed by atoms with van der Waals surface area (Å²) in [6.45, 7) is 11.3. The number of alkyl halides is 3. The van der Waals surface area contributed by atoms with Crippen molar-refractivity contribution < 1.29 is 28.1 Å². The highest BCUT2D eigenvalue weighted by Crippen LogP contribution is 2.67. The molecular formula is C29H47F3O3. The Balaban J connectivity index is 1.48. The van der Waals surface area contributed by atoms with Gasteiger partial charge in [0.15, 0.2) is 11.9 Å². The molecule has 0 heterocycles. The van der Waals surface area contributed by atoms with Crippen LogP contribution in [0.5, 0.6) is 0 Å². The van der Waals surface area contributed by atoms with Gasteiger partial charge in [0, 0.05) is 0 Å². The van der Waals surface area contributed by atoms with Crippen LogP contribution >= 0.6 is 0 Å². The van der Waals surface area contributed by atoms with Gasteiger partial charge in [-0.3, -0.25) is 0 Å². The number of aliphatic hydroxyl groups excluding tert-OH is 1. The predicted molar refractivity (Wildman–Crippen MR) is 131 cm³/mol. The molecule has 4 aliphatic carbocycles. The molecule has 2 unspecified atom stereocenters. The molecule has 3 saturated carbocycles. The summed E-state index contributed by atoms with van der Waals surface area (Å²) in [5.41, 5.74) is -1.10. The number of fused-ring (bicyclic) bond motifs is 5. The lowest BCUT2D eigenvalue weighted by Crippen LogP contribution is -2.52. The maximum absolute atomic E-state index is 13.8. The van der Waals surface area contributed by atoms with Crippen molar-refractivity contribution >= 4 is 0 Å². The van der Waals surface area contributed by atoms with Crippen molar-refractivity contribution in [2.24, 2.45) is 40.4 Å². The van der Waals surface area contributed by atoms with Crippen LogP contribution in [-0.4, -0.2) is 33.9 Å². The van der Waals surface area contributed by atoms with Gasteiger partial charge in [0.1, 0.15) is 0 Å². The molecule has 2 N–H and O–H groups in total. The van der Waals surface area contributed by atoms with Gasteiger partial charge in [-0.15, -0.1) is 0 Å². The van der Waals surface area contributed by atoms with Gasteiger partial charge in [0.05, 0.1) is 5.60 Å². The van der Waals surface area contributed by atoms with Gasteiger partial charge in [-0.1, -0.05) is 32.4 Å². The highest BCUT2D eigenvalue weighted by atomic mass is 19.4. The Morgan fingerprint density at radius 2 is 1.74 bits per heavy atom. The number of hydrogen-bond donors (Lipinski definition) is 2. The minimum Gasteiger partial charge on any atom is -0.390 e. The first-order valence-electron chi connectivity index (χ1n) is 13.9. The molecule has 0 spiro atoms. The molecule has 3 fully saturated rings. The van der Waals surface area contributed by atoms with Gasteiger partial charge in [-0.05, 0) is 125 Å². The average Bonchev–Trinajstić information content (AvgIpc) is 3.08. The lowest BCUT2D eigenvalue weighted by molar-refractivity contribution is -0.310. The van der Waals surface area contributed by atoms with E-state index in [1.165, 1.54) is 25.3 Å². The van der Waals surface area contributed by atoms with E-state index in [0.717, 1.165) is 45.4 Å². The van der Waals surface area contributed by atoms with Crippen LogP contribution in [0.1, 0.15) is 106 Å². The number of ether oxygens (including phenoxy) is 1. The number of hydrogen-bond acceptors (Lipinski definition) is 3. The standard InChI is InChI=1S/C29H47F3O3/c1-18(11-14-28(6,29(30,31)32)35-19(2)33)22-9-10-23-21-8-7-20-17-25(3,34)15-16-26(20,4)24(21)12-13-27(22,23)5/h7,18-19,21-24,33-34H,8-17H2,1-6H3/t18-,19?,21+,22-,23+,24+,25+,26+,27-,28?/m1/s1. The topological polar surface area (TPSA) is 49.7 Å². The maximum Gasteiger partial charge on any atom is 0.417 e. The normalized spacial score (nSPS) is 44.9. The minimum absolute atomic E-state index is 0.129. The van der Waals surface area contributed by atoms with E-state index < -0.39 is 23.7 Å². The van der Waals surface area contributed by atoms with E-state index in [-0.39, 0.29) is 23.2 Å². The molecule has 0 radical (unpaired) electrons. The Hall–Kier alpha value is -0.590. The van der Waals surface area contributed by atoms with Gasteiger partial charge >= 0.3 is 6.18 Å². The Morgan fingerprint density at radius 3 is 2.37 bits per heavy atom. The smallest absolute Gasteiger partial charge is 0.390 e. The number of allylic oxidation sites excluding steroid dienone is 1. The van der Waals surface area contributed by atoms with Crippen molar-refractivity contribution in [1.82, 2.24) is 0 Å². The van der Waals surface area contributed by atoms with E-state index in [1.807, 2.05) is 6.92 Å². The van der Waals surface area contributed by atoms with Crippen LogP contribution in [0.25, 0.3) is 0 Å². The molecule has 4 aliphatic rings. The van der Waals surface area contributed by atoms with Crippen LogP contribution in [0.3, 0.4) is 0 Å². The first-order valence-corrected chi connectivity index (χ1v) is 13.9. The Kier molecular flexibility index (Phi) is 7.07. The summed E-state index contributed by atoms with van der Waals surface area (Å²) in [6.07, 6.45) is 5.17. The van der Waals surface area contributed by atoms with Crippen LogP contribution in [0, 0.1) is 40.4 Å². The zero-order chi connectivity index (χ0) is 26.0. The van der Waals surface area contributed by atoms with E-state index >= 15 is 0 Å². The average molecular weight is 501 g/mol. The molecule has 35 heavy (non-hydrogen) atoms. The first-order chi connectivity index (χ1) is 16.0. The molecule has 0 aliphatic heterocycles. The van der Waals surface area contributed by atoms with E-state index in [1.54, 1.807) is 0 Å². The molecule has 0 saturated heterocycles. The highest BCUT2D eigenvalue weighted by Gasteiger charge is 2.60. The summed E-state index contributed by atoms with van der Waals surface area (Å²) in [5.74, 6) is 2.51. The third-order valence-electron chi connectivity index (χ3n) is 11.2. The molecule has 0 aromatic rings. The zero-order valence-electron chi connectivity index (χ0n) is 22.5. The van der Waals surface area contributed by atoms with Crippen molar-refractivity contribution in [2.75, 3.05) is 0 Å². The maximum atomic E-state index is 13.8. The van der Waals surface area contributed by atoms with Gasteiger partial charge < -0.3 is 14.9 Å². The second-order valence-electron chi connectivity index (χ2n) is 13.6. The predicted octanol–water partition coefficient (Wildman–Crippen LogP) is 7.41. The van der Waals surface area contributed by atoms with Crippen LogP contribution < -0.4 is 0 Å². The summed E-state index contributed by atoms with van der Waals surface area (Å²) >= 11 is 0. The fourth-order valence-electron chi connectivity index (χ4n) is 9.13. The summed E-state index contributed by atoms with van der Waals surface area (Å²) in [4.78, 5) is 0. The Morgan fingerprint density at radius 1 is 1.06 bits per heavy atom. The number of rotatable bonds is 6. The van der Waals surface area contributed by atoms with E-state index in [0.29, 0.717) is 30.1 Å². The Labute approximate surface area is 209 Å².